The zero-order valence-electron chi connectivity index (χ0n) is 10.4. The first-order valence-corrected chi connectivity index (χ1v) is 9.27. The highest BCUT2D eigenvalue weighted by atomic mass is 32.3. The molecule has 0 aliphatic heterocycles. The maximum atomic E-state index is 5.84. The Bertz CT molecular complexity index is 235. The van der Waals surface area contributed by atoms with Gasteiger partial charge in [0.1, 0.15) is 0 Å². The average Bonchev–Trinajstić information content (AvgIpc) is 1.98. The Morgan fingerprint density at radius 1 is 1.36 bits per heavy atom. The molecule has 3 heteroatoms. The molecule has 0 fully saturated rings. The summed E-state index contributed by atoms with van der Waals surface area (Å²) in [6.07, 6.45) is 9.16. The van der Waals surface area contributed by atoms with E-state index in [1.54, 1.807) is 0 Å². The molecule has 0 aliphatic carbocycles. The smallest absolute Gasteiger partial charge is 0.0711 e. The number of hydrogen-bond donors (Lipinski definition) is 0. The Hall–Kier alpha value is 0.440. The normalized spacial score (nSPS) is 14.7. The maximum Gasteiger partial charge on any atom is 0.0711 e. The van der Waals surface area contributed by atoms with Crippen molar-refractivity contribution in [3.63, 3.8) is 0 Å². The third kappa shape index (κ3) is 4.31. The molecular weight excluding hydrogens is 212 g/mol. The summed E-state index contributed by atoms with van der Waals surface area (Å²) in [7, 11) is -1.13. The number of unbranched alkanes of at least 4 members (excludes halogenated alkanes) is 1. The van der Waals surface area contributed by atoms with Crippen molar-refractivity contribution in [2.75, 3.05) is 24.5 Å². The molecule has 0 saturated carbocycles. The molecule has 0 aromatic heterocycles. The van der Waals surface area contributed by atoms with Crippen LogP contribution in [0.3, 0.4) is 0 Å². The number of hydrogen-bond acceptors (Lipinski definition) is 2. The van der Waals surface area contributed by atoms with Crippen LogP contribution in [0.1, 0.15) is 33.6 Å². The molecule has 0 saturated heterocycles. The van der Waals surface area contributed by atoms with Gasteiger partial charge in [-0.05, 0) is 38.5 Å². The van der Waals surface area contributed by atoms with Gasteiger partial charge in [0.25, 0.3) is 0 Å². The van der Waals surface area contributed by atoms with Crippen LogP contribution in [-0.4, -0.2) is 29.5 Å². The Morgan fingerprint density at radius 2 is 1.86 bits per heavy atom. The van der Waals surface area contributed by atoms with E-state index in [1.165, 1.54) is 18.6 Å². The van der Waals surface area contributed by atoms with Crippen LogP contribution in [0.4, 0.5) is 0 Å². The molecule has 1 nitrogen and oxygen atoms in total. The number of rotatable bonds is 5. The molecule has 0 unspecified atom stereocenters. The highest BCUT2D eigenvalue weighted by Crippen LogP contribution is 2.54. The molecule has 0 aliphatic rings. The predicted octanol–water partition coefficient (Wildman–Crippen LogP) is 3.36. The van der Waals surface area contributed by atoms with Gasteiger partial charge in [0.15, 0.2) is 0 Å². The summed E-state index contributed by atoms with van der Waals surface area (Å²) in [5, 5.41) is 0. The van der Waals surface area contributed by atoms with Crippen molar-refractivity contribution >= 4 is 20.6 Å². The van der Waals surface area contributed by atoms with Crippen LogP contribution >= 0.6 is 10.0 Å². The van der Waals surface area contributed by atoms with E-state index in [-0.39, 0.29) is 4.93 Å². The van der Waals surface area contributed by atoms with E-state index in [2.05, 4.69) is 33.3 Å². The summed E-state index contributed by atoms with van der Waals surface area (Å²) in [6, 6.07) is 0. The van der Waals surface area contributed by atoms with Gasteiger partial charge in [-0.3, -0.25) is 5.69 Å². The molecular formula is C11H25OS2-. The van der Waals surface area contributed by atoms with Gasteiger partial charge >= 0.3 is 0 Å². The zero-order valence-corrected chi connectivity index (χ0v) is 12.1. The van der Waals surface area contributed by atoms with E-state index in [4.69, 9.17) is 9.87 Å². The second kappa shape index (κ2) is 5.50. The van der Waals surface area contributed by atoms with Crippen LogP contribution < -0.4 is 0 Å². The SMILES string of the molecule is C#[S-](C)OC(C)(C)S(C)(C)CCCC. The van der Waals surface area contributed by atoms with Crippen LogP contribution in [0.2, 0.25) is 0 Å². The molecule has 0 amide bonds. The Morgan fingerprint density at radius 3 is 2.21 bits per heavy atom. The summed E-state index contributed by atoms with van der Waals surface area (Å²) in [5.41, 5.74) is 5.72. The van der Waals surface area contributed by atoms with Crippen molar-refractivity contribution in [3.8, 4) is 5.69 Å². The second-order valence-corrected chi connectivity index (χ2v) is 10.2. The molecule has 88 valence electrons. The van der Waals surface area contributed by atoms with Gasteiger partial charge in [-0.15, -0.1) is 6.26 Å². The first-order chi connectivity index (χ1) is 6.23. The molecule has 0 spiro atoms. The van der Waals surface area contributed by atoms with E-state index in [1.807, 2.05) is 6.26 Å². The average molecular weight is 237 g/mol. The van der Waals surface area contributed by atoms with E-state index in [9.17, 15) is 0 Å². The highest BCUT2D eigenvalue weighted by molar-refractivity contribution is 8.33. The van der Waals surface area contributed by atoms with E-state index < -0.39 is 20.6 Å². The van der Waals surface area contributed by atoms with Crippen LogP contribution in [0.25, 0.3) is 0 Å². The van der Waals surface area contributed by atoms with Crippen molar-refractivity contribution in [1.29, 1.82) is 0 Å². The topological polar surface area (TPSA) is 9.23 Å². The van der Waals surface area contributed by atoms with Crippen LogP contribution in [0, 0.1) is 5.69 Å². The lowest BCUT2D eigenvalue weighted by molar-refractivity contribution is 0.241. The first-order valence-electron chi connectivity index (χ1n) is 5.03. The first kappa shape index (κ1) is 14.4. The van der Waals surface area contributed by atoms with Crippen LogP contribution in [0.15, 0.2) is 0 Å². The molecule has 0 radical (unpaired) electrons. The minimum Gasteiger partial charge on any atom is -0.472 e. The molecule has 0 rings (SSSR count). The summed E-state index contributed by atoms with van der Waals surface area (Å²) in [5.74, 6) is 1.27. The lowest BCUT2D eigenvalue weighted by atomic mass is 10.4. The van der Waals surface area contributed by atoms with Crippen molar-refractivity contribution < 1.29 is 4.18 Å². The fourth-order valence-electron chi connectivity index (χ4n) is 1.16. The summed E-state index contributed by atoms with van der Waals surface area (Å²) in [4.78, 5) is -0.0607. The third-order valence-corrected chi connectivity index (χ3v) is 7.51. The van der Waals surface area contributed by atoms with E-state index >= 15 is 0 Å². The maximum absolute atomic E-state index is 5.84. The fraction of sp³-hybridized carbons (Fsp3) is 0.909. The Balaban J connectivity index is 4.45. The van der Waals surface area contributed by atoms with Crippen molar-refractivity contribution in [2.45, 2.75) is 38.5 Å². The predicted molar refractivity (Wildman–Crippen MR) is 72.6 cm³/mol. The zero-order chi connectivity index (χ0) is 11.4. The largest absolute Gasteiger partial charge is 0.472 e. The summed E-state index contributed by atoms with van der Waals surface area (Å²) in [6.45, 7) is 6.58. The molecule has 0 heterocycles. The third-order valence-electron chi connectivity index (χ3n) is 2.67. The lowest BCUT2D eigenvalue weighted by Crippen LogP contribution is -2.32. The molecule has 0 bridgehead atoms. The van der Waals surface area contributed by atoms with Gasteiger partial charge in [0.05, 0.1) is 4.93 Å². The van der Waals surface area contributed by atoms with Gasteiger partial charge in [0, 0.05) is 0 Å². The molecule has 0 atom stereocenters. The van der Waals surface area contributed by atoms with Crippen LogP contribution in [0.5, 0.6) is 0 Å². The summed E-state index contributed by atoms with van der Waals surface area (Å²) < 4.78 is 5.84. The van der Waals surface area contributed by atoms with Gasteiger partial charge in [-0.25, -0.2) is 10.0 Å². The van der Waals surface area contributed by atoms with Crippen molar-refractivity contribution in [3.05, 3.63) is 0 Å². The monoisotopic (exact) mass is 237 g/mol. The molecule has 0 N–H and O–H groups in total. The second-order valence-electron chi connectivity index (χ2n) is 4.58. The van der Waals surface area contributed by atoms with Crippen LogP contribution in [-0.2, 0) is 14.8 Å². The quantitative estimate of drug-likeness (QED) is 0.666. The van der Waals surface area contributed by atoms with E-state index in [0.29, 0.717) is 0 Å². The fourth-order valence-corrected chi connectivity index (χ4v) is 4.35. The molecule has 14 heavy (non-hydrogen) atoms. The lowest BCUT2D eigenvalue weighted by Gasteiger charge is -2.50. The standard InChI is InChI=1S/C11H25OS2/c1-8-9-10-14(6,7)11(2,3)12-13(4)5/h4H,8-10H2,1-3,5-7H3/q-1. The van der Waals surface area contributed by atoms with Gasteiger partial charge in [-0.1, -0.05) is 13.3 Å². The van der Waals surface area contributed by atoms with Gasteiger partial charge in [-0.2, -0.15) is 0 Å². The van der Waals surface area contributed by atoms with E-state index in [0.717, 1.165) is 0 Å². The minimum absolute atomic E-state index is 0.0607. The van der Waals surface area contributed by atoms with Crippen molar-refractivity contribution in [1.82, 2.24) is 0 Å². The van der Waals surface area contributed by atoms with Gasteiger partial charge < -0.3 is 14.8 Å². The minimum atomic E-state index is -0.712. The molecule has 0 aromatic carbocycles. The van der Waals surface area contributed by atoms with Gasteiger partial charge in [0.2, 0.25) is 0 Å². The Labute approximate surface area is 93.7 Å². The highest BCUT2D eigenvalue weighted by Gasteiger charge is 2.30. The summed E-state index contributed by atoms with van der Waals surface area (Å²) >= 11 is 0. The van der Waals surface area contributed by atoms with Crippen molar-refractivity contribution in [2.24, 2.45) is 0 Å². The Kier molecular flexibility index (Phi) is 5.68. The molecule has 0 aromatic rings.